The molecule has 0 amide bonds. The lowest BCUT2D eigenvalue weighted by molar-refractivity contribution is 0.637. The number of hydrogen-bond acceptors (Lipinski definition) is 3. The van der Waals surface area contributed by atoms with Crippen LogP contribution in [0, 0.1) is 0 Å². The minimum atomic E-state index is -0.526. The van der Waals surface area contributed by atoms with Crippen LogP contribution in [-0.2, 0) is 4.12 Å². The Morgan fingerprint density at radius 1 is 1.67 bits per heavy atom. The molecule has 4 N–H and O–H groups in total. The summed E-state index contributed by atoms with van der Waals surface area (Å²) in [6, 6.07) is 0. The Kier molecular flexibility index (Phi) is 3.69. The van der Waals surface area contributed by atoms with Gasteiger partial charge in [0.25, 0.3) is 0 Å². The fraction of sp³-hybridized carbons (Fsp3) is 1.00. The first-order valence-corrected chi connectivity index (χ1v) is 3.98. The minimum absolute atomic E-state index is 0.150. The summed E-state index contributed by atoms with van der Waals surface area (Å²) < 4.78 is 4.83. The van der Waals surface area contributed by atoms with Gasteiger partial charge >= 0.3 is 0 Å². The average molecular weight is 122 g/mol. The van der Waals surface area contributed by atoms with E-state index in [1.54, 1.807) is 0 Å². The fourth-order valence-corrected chi connectivity index (χ4v) is 1.73. The predicted molar refractivity (Wildman–Crippen MR) is 31.7 cm³/mol. The van der Waals surface area contributed by atoms with Gasteiger partial charge < -0.3 is 15.6 Å². The van der Waals surface area contributed by atoms with E-state index >= 15 is 0 Å². The number of hydrogen-bond donors (Lipinski definition) is 2. The van der Waals surface area contributed by atoms with E-state index in [0.29, 0.717) is 0 Å². The van der Waals surface area contributed by atoms with Crippen LogP contribution in [0.4, 0.5) is 0 Å². The Labute approximate surface area is 42.5 Å². The van der Waals surface area contributed by atoms with Gasteiger partial charge in [-0.2, -0.15) is 0 Å². The third kappa shape index (κ3) is 4.31. The summed E-state index contributed by atoms with van der Waals surface area (Å²) in [5, 5.41) is 0. The van der Waals surface area contributed by atoms with Gasteiger partial charge in [0.2, 0.25) is 0 Å². The Bertz CT molecular complexity index is 32.7. The predicted octanol–water partition coefficient (Wildman–Crippen LogP) is -3.43. The van der Waals surface area contributed by atoms with E-state index in [0.717, 1.165) is 10.5 Å². The zero-order valence-electron chi connectivity index (χ0n) is 3.85. The van der Waals surface area contributed by atoms with Crippen molar-refractivity contribution >= 4 is 20.2 Å². The van der Waals surface area contributed by atoms with Crippen LogP contribution in [0.15, 0.2) is 0 Å². The van der Waals surface area contributed by atoms with Crippen molar-refractivity contribution in [1.82, 2.24) is 0 Å². The summed E-state index contributed by atoms with van der Waals surface area (Å²) in [5.41, 5.74) is 10.3. The van der Waals surface area contributed by atoms with Crippen molar-refractivity contribution in [3.63, 3.8) is 0 Å². The standard InChI is InChI=1S/CH10N2OSi2/c2-1(3)6-4-5/h1H,2-3,6H2,5H3. The third-order valence-corrected chi connectivity index (χ3v) is 2.08. The maximum absolute atomic E-state index is 5.14. The van der Waals surface area contributed by atoms with Gasteiger partial charge in [-0.25, -0.2) is 0 Å². The number of rotatable bonds is 2. The van der Waals surface area contributed by atoms with Gasteiger partial charge in [0.1, 0.15) is 10.5 Å². The highest BCUT2D eigenvalue weighted by Crippen LogP contribution is 1.55. The fourth-order valence-electron chi connectivity index (χ4n) is 0.192. The summed E-state index contributed by atoms with van der Waals surface area (Å²) in [7, 11) is 0.262. The molecular formula is CH10N2OSi2. The molecule has 0 bridgehead atoms. The molecule has 6 heavy (non-hydrogen) atoms. The molecule has 0 aromatic rings. The summed E-state index contributed by atoms with van der Waals surface area (Å²) in [6.45, 7) is 0. The molecular weight excluding hydrogens is 112 g/mol. The quantitative estimate of drug-likeness (QED) is 0.296. The first kappa shape index (κ1) is 6.31. The molecule has 0 saturated carbocycles. The largest absolute Gasteiger partial charge is 0.466 e. The molecule has 38 valence electrons. The van der Waals surface area contributed by atoms with Gasteiger partial charge in [-0.1, -0.05) is 0 Å². The molecule has 0 aliphatic heterocycles. The molecule has 0 heterocycles. The maximum Gasteiger partial charge on any atom is 0.178 e. The van der Waals surface area contributed by atoms with Crippen molar-refractivity contribution in [2.24, 2.45) is 11.5 Å². The normalized spacial score (nSPS) is 12.5. The summed E-state index contributed by atoms with van der Waals surface area (Å²) in [5.74, 6) is -0.150. The Morgan fingerprint density at radius 3 is 2.17 bits per heavy atom. The van der Waals surface area contributed by atoms with E-state index in [-0.39, 0.29) is 5.79 Å². The smallest absolute Gasteiger partial charge is 0.178 e. The molecule has 0 spiro atoms. The van der Waals surface area contributed by atoms with Crippen LogP contribution in [0.1, 0.15) is 0 Å². The lowest BCUT2D eigenvalue weighted by Gasteiger charge is -1.98. The van der Waals surface area contributed by atoms with Crippen LogP contribution in [0.25, 0.3) is 0 Å². The van der Waals surface area contributed by atoms with Crippen LogP contribution < -0.4 is 11.5 Å². The van der Waals surface area contributed by atoms with Gasteiger partial charge in [0, 0.05) is 0 Å². The third-order valence-electron chi connectivity index (χ3n) is 0.359. The molecule has 0 fully saturated rings. The monoisotopic (exact) mass is 122 g/mol. The molecule has 0 aromatic heterocycles. The van der Waals surface area contributed by atoms with Crippen LogP contribution in [0.5, 0.6) is 0 Å². The van der Waals surface area contributed by atoms with E-state index in [1.165, 1.54) is 0 Å². The number of nitrogens with two attached hydrogens (primary N) is 2. The molecule has 0 aliphatic rings. The highest BCUT2D eigenvalue weighted by atomic mass is 28.3. The molecule has 0 aliphatic carbocycles. The molecule has 0 rings (SSSR count). The second-order valence-corrected chi connectivity index (χ2v) is 4.70. The van der Waals surface area contributed by atoms with Crippen LogP contribution in [0.2, 0.25) is 0 Å². The SMILES string of the molecule is NC(N)[SiH2]O[SiH3]. The van der Waals surface area contributed by atoms with E-state index in [2.05, 4.69) is 0 Å². The van der Waals surface area contributed by atoms with E-state index < -0.39 is 9.76 Å². The van der Waals surface area contributed by atoms with Crippen molar-refractivity contribution in [2.75, 3.05) is 0 Å². The van der Waals surface area contributed by atoms with Crippen LogP contribution in [-0.4, -0.2) is 26.0 Å². The first-order valence-electron chi connectivity index (χ1n) is 1.77. The molecule has 0 unspecified atom stereocenters. The van der Waals surface area contributed by atoms with Crippen LogP contribution in [0.3, 0.4) is 0 Å². The van der Waals surface area contributed by atoms with Crippen molar-refractivity contribution in [3.8, 4) is 0 Å². The highest BCUT2D eigenvalue weighted by molar-refractivity contribution is 6.35. The highest BCUT2D eigenvalue weighted by Gasteiger charge is 1.87. The molecule has 3 nitrogen and oxygen atoms in total. The lowest BCUT2D eigenvalue weighted by atomic mass is 11.2. The lowest BCUT2D eigenvalue weighted by Crippen LogP contribution is -2.37. The van der Waals surface area contributed by atoms with Gasteiger partial charge in [-0.3, -0.25) is 0 Å². The van der Waals surface area contributed by atoms with Gasteiger partial charge in [0.15, 0.2) is 9.76 Å². The Morgan fingerprint density at radius 2 is 2.17 bits per heavy atom. The molecule has 0 aromatic carbocycles. The summed E-state index contributed by atoms with van der Waals surface area (Å²) in [6.07, 6.45) is 0. The average Bonchev–Trinajstić information content (AvgIpc) is 1.35. The van der Waals surface area contributed by atoms with Crippen LogP contribution >= 0.6 is 0 Å². The van der Waals surface area contributed by atoms with E-state index in [1.807, 2.05) is 0 Å². The Balaban J connectivity index is 2.63. The zero-order valence-corrected chi connectivity index (χ0v) is 7.26. The van der Waals surface area contributed by atoms with Crippen molar-refractivity contribution in [1.29, 1.82) is 0 Å². The molecule has 5 heteroatoms. The summed E-state index contributed by atoms with van der Waals surface area (Å²) >= 11 is 0. The van der Waals surface area contributed by atoms with Crippen molar-refractivity contribution < 1.29 is 4.12 Å². The first-order chi connectivity index (χ1) is 2.77. The topological polar surface area (TPSA) is 61.3 Å². The van der Waals surface area contributed by atoms with Gasteiger partial charge in [0.05, 0.1) is 5.79 Å². The molecule has 0 radical (unpaired) electrons. The van der Waals surface area contributed by atoms with Gasteiger partial charge in [-0.05, 0) is 0 Å². The second-order valence-electron chi connectivity index (χ2n) is 1.12. The minimum Gasteiger partial charge on any atom is -0.466 e. The van der Waals surface area contributed by atoms with E-state index in [4.69, 9.17) is 15.6 Å². The van der Waals surface area contributed by atoms with Crippen molar-refractivity contribution in [3.05, 3.63) is 0 Å². The second kappa shape index (κ2) is 3.50. The maximum atomic E-state index is 5.14. The van der Waals surface area contributed by atoms with Gasteiger partial charge in [-0.15, -0.1) is 0 Å². The zero-order chi connectivity index (χ0) is 4.99. The van der Waals surface area contributed by atoms with E-state index in [9.17, 15) is 0 Å². The summed E-state index contributed by atoms with van der Waals surface area (Å²) in [4.78, 5) is 0. The molecule has 0 saturated heterocycles. The molecule has 0 atom stereocenters. The Hall–Kier alpha value is 0.314. The van der Waals surface area contributed by atoms with Crippen molar-refractivity contribution in [2.45, 2.75) is 5.79 Å².